The molecule has 1 amide bonds. The third-order valence-corrected chi connectivity index (χ3v) is 1.76. The molecule has 0 spiro atoms. The van der Waals surface area contributed by atoms with Crippen LogP contribution >= 0.6 is 0 Å². The molecule has 0 saturated heterocycles. The maximum atomic E-state index is 10.8. The zero-order chi connectivity index (χ0) is 10.1. The maximum absolute atomic E-state index is 10.8. The molecule has 70 valence electrons. The third kappa shape index (κ3) is 1.33. The van der Waals surface area contributed by atoms with Crippen LogP contribution in [-0.2, 0) is 0 Å². The number of rotatable bonds is 1. The number of primary amides is 1. The van der Waals surface area contributed by atoms with Crippen molar-refractivity contribution < 1.29 is 4.79 Å². The SMILES string of the molecule is NC(=O)c1ccc2nc(N)nnc2c1. The number of nitrogens with zero attached hydrogens (tertiary/aromatic N) is 3. The number of anilines is 1. The van der Waals surface area contributed by atoms with E-state index < -0.39 is 5.91 Å². The topological polar surface area (TPSA) is 108 Å². The second-order valence-corrected chi connectivity index (χ2v) is 2.74. The Hall–Kier alpha value is -2.24. The predicted octanol–water partition coefficient (Wildman–Crippen LogP) is -0.294. The first-order valence-electron chi connectivity index (χ1n) is 3.86. The first-order valence-corrected chi connectivity index (χ1v) is 3.86. The monoisotopic (exact) mass is 189 g/mol. The maximum Gasteiger partial charge on any atom is 0.248 e. The Bertz CT molecular complexity index is 510. The molecule has 14 heavy (non-hydrogen) atoms. The average molecular weight is 189 g/mol. The van der Waals surface area contributed by atoms with E-state index in [4.69, 9.17) is 11.5 Å². The van der Waals surface area contributed by atoms with E-state index in [1.165, 1.54) is 6.07 Å². The first kappa shape index (κ1) is 8.36. The van der Waals surface area contributed by atoms with E-state index in [0.29, 0.717) is 16.6 Å². The molecule has 2 rings (SSSR count). The van der Waals surface area contributed by atoms with Gasteiger partial charge in [-0.2, -0.15) is 0 Å². The van der Waals surface area contributed by atoms with E-state index in [2.05, 4.69) is 15.2 Å². The summed E-state index contributed by atoms with van der Waals surface area (Å²) in [5.41, 5.74) is 11.9. The molecule has 0 aliphatic rings. The molecule has 1 aromatic carbocycles. The molecule has 0 radical (unpaired) electrons. The molecule has 6 nitrogen and oxygen atoms in total. The summed E-state index contributed by atoms with van der Waals surface area (Å²) in [5.74, 6) is -0.408. The quantitative estimate of drug-likeness (QED) is 0.640. The lowest BCUT2D eigenvalue weighted by Gasteiger charge is -1.98. The smallest absolute Gasteiger partial charge is 0.248 e. The van der Waals surface area contributed by atoms with Crippen molar-refractivity contribution in [1.82, 2.24) is 15.2 Å². The van der Waals surface area contributed by atoms with Gasteiger partial charge in [0, 0.05) is 5.56 Å². The van der Waals surface area contributed by atoms with Crippen LogP contribution in [0.2, 0.25) is 0 Å². The minimum atomic E-state index is -0.509. The van der Waals surface area contributed by atoms with Gasteiger partial charge in [0.25, 0.3) is 0 Å². The molecule has 1 aromatic heterocycles. The summed E-state index contributed by atoms with van der Waals surface area (Å²) in [6.45, 7) is 0. The van der Waals surface area contributed by atoms with Crippen molar-refractivity contribution in [2.75, 3.05) is 5.73 Å². The number of fused-ring (bicyclic) bond motifs is 1. The molecule has 6 heteroatoms. The fourth-order valence-electron chi connectivity index (χ4n) is 1.10. The Balaban J connectivity index is 2.67. The number of hydrogen-bond donors (Lipinski definition) is 2. The molecular formula is C8H7N5O. The summed E-state index contributed by atoms with van der Waals surface area (Å²) in [4.78, 5) is 14.8. The van der Waals surface area contributed by atoms with Gasteiger partial charge in [-0.1, -0.05) is 0 Å². The molecular weight excluding hydrogens is 182 g/mol. The molecule has 0 saturated carbocycles. The van der Waals surface area contributed by atoms with E-state index >= 15 is 0 Å². The lowest BCUT2D eigenvalue weighted by molar-refractivity contribution is 0.100. The number of nitrogen functional groups attached to an aromatic ring is 1. The van der Waals surface area contributed by atoms with Crippen LogP contribution in [0.5, 0.6) is 0 Å². The summed E-state index contributed by atoms with van der Waals surface area (Å²) in [6.07, 6.45) is 0. The van der Waals surface area contributed by atoms with Crippen molar-refractivity contribution in [3.8, 4) is 0 Å². The Labute approximate surface area is 78.9 Å². The highest BCUT2D eigenvalue weighted by molar-refractivity contribution is 5.96. The number of hydrogen-bond acceptors (Lipinski definition) is 5. The van der Waals surface area contributed by atoms with E-state index in [9.17, 15) is 4.79 Å². The molecule has 1 heterocycles. The molecule has 0 atom stereocenters. The van der Waals surface area contributed by atoms with Gasteiger partial charge in [0.05, 0.1) is 5.52 Å². The van der Waals surface area contributed by atoms with Gasteiger partial charge >= 0.3 is 0 Å². The van der Waals surface area contributed by atoms with Gasteiger partial charge in [-0.3, -0.25) is 4.79 Å². The number of aromatic nitrogens is 3. The highest BCUT2D eigenvalue weighted by Crippen LogP contribution is 2.10. The predicted molar refractivity (Wildman–Crippen MR) is 50.3 cm³/mol. The van der Waals surface area contributed by atoms with Crippen LogP contribution in [0.25, 0.3) is 11.0 Å². The van der Waals surface area contributed by atoms with E-state index in [0.717, 1.165) is 0 Å². The van der Waals surface area contributed by atoms with Crippen LogP contribution in [0.4, 0.5) is 5.95 Å². The molecule has 0 aliphatic carbocycles. The average Bonchev–Trinajstić information content (AvgIpc) is 2.16. The van der Waals surface area contributed by atoms with Gasteiger partial charge in [0.1, 0.15) is 5.52 Å². The molecule has 0 bridgehead atoms. The zero-order valence-corrected chi connectivity index (χ0v) is 7.14. The van der Waals surface area contributed by atoms with Crippen molar-refractivity contribution in [2.45, 2.75) is 0 Å². The number of amides is 1. The van der Waals surface area contributed by atoms with E-state index in [1.807, 2.05) is 0 Å². The minimum absolute atomic E-state index is 0.101. The van der Waals surface area contributed by atoms with Crippen LogP contribution < -0.4 is 11.5 Å². The van der Waals surface area contributed by atoms with Crippen molar-refractivity contribution in [3.05, 3.63) is 23.8 Å². The second kappa shape index (κ2) is 2.91. The van der Waals surface area contributed by atoms with Crippen LogP contribution in [-0.4, -0.2) is 21.1 Å². The van der Waals surface area contributed by atoms with Crippen LogP contribution in [0.1, 0.15) is 10.4 Å². The van der Waals surface area contributed by atoms with Gasteiger partial charge < -0.3 is 11.5 Å². The number of carbonyl (C=O) groups is 1. The van der Waals surface area contributed by atoms with E-state index in [-0.39, 0.29) is 5.95 Å². The molecule has 2 aromatic rings. The number of nitrogens with two attached hydrogens (primary N) is 2. The highest BCUT2D eigenvalue weighted by atomic mass is 16.1. The van der Waals surface area contributed by atoms with Crippen molar-refractivity contribution >= 4 is 22.9 Å². The van der Waals surface area contributed by atoms with E-state index in [1.54, 1.807) is 12.1 Å². The van der Waals surface area contributed by atoms with Gasteiger partial charge in [0.2, 0.25) is 11.9 Å². The Morgan fingerprint density at radius 3 is 2.71 bits per heavy atom. The lowest BCUT2D eigenvalue weighted by atomic mass is 10.2. The summed E-state index contributed by atoms with van der Waals surface area (Å²) in [6, 6.07) is 4.72. The van der Waals surface area contributed by atoms with Gasteiger partial charge in [-0.25, -0.2) is 4.98 Å². The third-order valence-electron chi connectivity index (χ3n) is 1.76. The Kier molecular flexibility index (Phi) is 1.74. The number of carbonyl (C=O) groups excluding carboxylic acids is 1. The summed E-state index contributed by atoms with van der Waals surface area (Å²) >= 11 is 0. The molecule has 0 aliphatic heterocycles. The molecule has 0 unspecified atom stereocenters. The van der Waals surface area contributed by atoms with Crippen molar-refractivity contribution in [3.63, 3.8) is 0 Å². The summed E-state index contributed by atoms with van der Waals surface area (Å²) in [5, 5.41) is 7.35. The zero-order valence-electron chi connectivity index (χ0n) is 7.14. The highest BCUT2D eigenvalue weighted by Gasteiger charge is 2.03. The Morgan fingerprint density at radius 1 is 1.21 bits per heavy atom. The van der Waals surface area contributed by atoms with Crippen LogP contribution in [0, 0.1) is 0 Å². The van der Waals surface area contributed by atoms with Crippen molar-refractivity contribution in [1.29, 1.82) is 0 Å². The van der Waals surface area contributed by atoms with Crippen molar-refractivity contribution in [2.24, 2.45) is 5.73 Å². The van der Waals surface area contributed by atoms with Gasteiger partial charge in [-0.05, 0) is 18.2 Å². The largest absolute Gasteiger partial charge is 0.366 e. The van der Waals surface area contributed by atoms with Crippen LogP contribution in [0.15, 0.2) is 18.2 Å². The summed E-state index contributed by atoms with van der Waals surface area (Å²) in [7, 11) is 0. The van der Waals surface area contributed by atoms with Gasteiger partial charge in [-0.15, -0.1) is 10.2 Å². The molecule has 4 N–H and O–H groups in total. The fourth-order valence-corrected chi connectivity index (χ4v) is 1.10. The Morgan fingerprint density at radius 2 is 2.00 bits per heavy atom. The standard InChI is InChI=1S/C8H7N5O/c9-7(14)4-1-2-5-6(3-4)12-13-8(10)11-5/h1-3H,(H2,9,14)(H2,10,11,13). The first-order chi connectivity index (χ1) is 6.66. The van der Waals surface area contributed by atoms with Crippen LogP contribution in [0.3, 0.4) is 0 Å². The van der Waals surface area contributed by atoms with Gasteiger partial charge in [0.15, 0.2) is 0 Å². The second-order valence-electron chi connectivity index (χ2n) is 2.74. The minimum Gasteiger partial charge on any atom is -0.366 e. The molecule has 0 fully saturated rings. The summed E-state index contributed by atoms with van der Waals surface area (Å²) < 4.78 is 0. The fraction of sp³-hybridized carbons (Fsp3) is 0. The number of benzene rings is 1. The lowest BCUT2D eigenvalue weighted by Crippen LogP contribution is -2.10. The normalized spacial score (nSPS) is 10.3.